The van der Waals surface area contributed by atoms with Gasteiger partial charge in [0.25, 0.3) is 0 Å². The van der Waals surface area contributed by atoms with E-state index in [0.717, 1.165) is 24.2 Å². The molecule has 0 saturated heterocycles. The summed E-state index contributed by atoms with van der Waals surface area (Å²) < 4.78 is 5.91. The molecule has 0 spiro atoms. The largest absolute Gasteiger partial charge is 0.462 e. The van der Waals surface area contributed by atoms with E-state index in [1.54, 1.807) is 12.5 Å². The van der Waals surface area contributed by atoms with E-state index in [2.05, 4.69) is 54.2 Å². The van der Waals surface area contributed by atoms with E-state index < -0.39 is 0 Å². The predicted octanol–water partition coefficient (Wildman–Crippen LogP) is 8.52. The number of hydrogen-bond donors (Lipinski definition) is 0. The fourth-order valence-electron chi connectivity index (χ4n) is 11.2. The maximum absolute atomic E-state index is 11.9. The molecule has 5 aliphatic carbocycles. The van der Waals surface area contributed by atoms with Crippen molar-refractivity contribution in [3.8, 4) is 0 Å². The summed E-state index contributed by atoms with van der Waals surface area (Å²) in [5.41, 5.74) is 4.41. The number of hydrogen-bond acceptors (Lipinski definition) is 2. The van der Waals surface area contributed by atoms with Gasteiger partial charge in [-0.15, -0.1) is 0 Å². The van der Waals surface area contributed by atoms with Gasteiger partial charge in [-0.05, 0) is 117 Å². The second kappa shape index (κ2) is 7.97. The lowest BCUT2D eigenvalue weighted by Gasteiger charge is -2.72. The molecular formula is C32H50O2. The highest BCUT2D eigenvalue weighted by Gasteiger charge is 2.68. The first-order valence-electron chi connectivity index (χ1n) is 14.4. The fourth-order valence-corrected chi connectivity index (χ4v) is 11.2. The van der Waals surface area contributed by atoms with Crippen LogP contribution < -0.4 is 0 Å². The van der Waals surface area contributed by atoms with Gasteiger partial charge in [-0.2, -0.15) is 0 Å². The summed E-state index contributed by atoms with van der Waals surface area (Å²) in [7, 11) is 0. The zero-order chi connectivity index (χ0) is 24.7. The topological polar surface area (TPSA) is 26.3 Å². The Morgan fingerprint density at radius 1 is 0.912 bits per heavy atom. The van der Waals surface area contributed by atoms with Crippen LogP contribution in [-0.2, 0) is 9.53 Å². The van der Waals surface area contributed by atoms with E-state index in [4.69, 9.17) is 4.74 Å². The van der Waals surface area contributed by atoms with Gasteiger partial charge in [-0.25, -0.2) is 0 Å². The zero-order valence-corrected chi connectivity index (χ0v) is 23.1. The number of rotatable bonds is 2. The molecule has 4 fully saturated rings. The van der Waals surface area contributed by atoms with Crippen LogP contribution in [0, 0.1) is 51.2 Å². The molecule has 0 aromatic rings. The predicted molar refractivity (Wildman–Crippen MR) is 140 cm³/mol. The second-order valence-corrected chi connectivity index (χ2v) is 14.5. The number of esters is 1. The molecule has 0 amide bonds. The molecule has 0 heterocycles. The molecule has 0 aromatic carbocycles. The summed E-state index contributed by atoms with van der Waals surface area (Å²) in [5.74, 6) is 3.53. The van der Waals surface area contributed by atoms with Gasteiger partial charge < -0.3 is 4.74 Å². The van der Waals surface area contributed by atoms with Crippen molar-refractivity contribution in [3.63, 3.8) is 0 Å². The van der Waals surface area contributed by atoms with Gasteiger partial charge >= 0.3 is 5.97 Å². The Morgan fingerprint density at radius 2 is 1.65 bits per heavy atom. The SMILES string of the molecule is C=C(C)[C@@H]1CCC=C2CC[C@]3(C)[C@H](CCC4[C@@]5(C)CC[C@H](OC(C)=O)C(C)(C)C5CC[C@]43C)C21. The van der Waals surface area contributed by atoms with Crippen LogP contribution in [-0.4, -0.2) is 12.1 Å². The highest BCUT2D eigenvalue weighted by atomic mass is 16.5. The van der Waals surface area contributed by atoms with Crippen molar-refractivity contribution in [1.82, 2.24) is 0 Å². The van der Waals surface area contributed by atoms with Crippen LogP contribution in [0.4, 0.5) is 0 Å². The number of carbonyl (C=O) groups is 1. The lowest BCUT2D eigenvalue weighted by Crippen LogP contribution is -2.66. The van der Waals surface area contributed by atoms with Crippen molar-refractivity contribution in [2.24, 2.45) is 51.2 Å². The Balaban J connectivity index is 1.50. The Labute approximate surface area is 209 Å². The van der Waals surface area contributed by atoms with E-state index in [0.29, 0.717) is 28.1 Å². The van der Waals surface area contributed by atoms with Crippen molar-refractivity contribution in [2.75, 3.05) is 0 Å². The molecule has 2 heteroatoms. The molecular weight excluding hydrogens is 416 g/mol. The molecule has 0 radical (unpaired) electrons. The van der Waals surface area contributed by atoms with E-state index in [1.165, 1.54) is 63.4 Å². The minimum atomic E-state index is -0.110. The summed E-state index contributed by atoms with van der Waals surface area (Å²) in [6, 6.07) is 0. The lowest BCUT2D eigenvalue weighted by molar-refractivity contribution is -0.238. The standard InChI is InChI=1S/C32H50O2/c1-20(2)23-11-9-10-22-14-18-31(7)24(28(22)23)12-13-26-30(6)17-16-27(34-21(3)33)29(4,5)25(30)15-19-32(26,31)8/h10,23-28H,1,9,11-19H2,2-8H3/t23-,24+,25?,26?,27-,28?,30-,31+,32+/m0/s1. The van der Waals surface area contributed by atoms with Gasteiger partial charge in [0.1, 0.15) is 6.10 Å². The maximum Gasteiger partial charge on any atom is 0.302 e. The maximum atomic E-state index is 11.9. The Morgan fingerprint density at radius 3 is 2.32 bits per heavy atom. The minimum Gasteiger partial charge on any atom is -0.462 e. The Hall–Kier alpha value is -1.05. The van der Waals surface area contributed by atoms with Gasteiger partial charge in [-0.1, -0.05) is 58.4 Å². The third kappa shape index (κ3) is 3.21. The summed E-state index contributed by atoms with van der Waals surface area (Å²) >= 11 is 0. The summed E-state index contributed by atoms with van der Waals surface area (Å²) in [6.07, 6.45) is 15.6. The van der Waals surface area contributed by atoms with Crippen LogP contribution in [0.25, 0.3) is 0 Å². The highest BCUT2D eigenvalue weighted by Crippen LogP contribution is 2.75. The third-order valence-corrected chi connectivity index (χ3v) is 12.9. The molecule has 190 valence electrons. The van der Waals surface area contributed by atoms with Crippen LogP contribution in [0.15, 0.2) is 23.8 Å². The van der Waals surface area contributed by atoms with E-state index >= 15 is 0 Å². The number of fused-ring (bicyclic) bond motifs is 7. The van der Waals surface area contributed by atoms with E-state index in [-0.39, 0.29) is 17.5 Å². The lowest BCUT2D eigenvalue weighted by atomic mass is 9.33. The Bertz CT molecular complexity index is 897. The van der Waals surface area contributed by atoms with Crippen molar-refractivity contribution in [2.45, 2.75) is 119 Å². The summed E-state index contributed by atoms with van der Waals surface area (Å²) in [6.45, 7) is 21.2. The Kier molecular flexibility index (Phi) is 5.78. The minimum absolute atomic E-state index is 0.0502. The monoisotopic (exact) mass is 466 g/mol. The molecule has 3 unspecified atom stereocenters. The fraction of sp³-hybridized carbons (Fsp3) is 0.844. The number of ether oxygens (including phenoxy) is 1. The first kappa shape index (κ1) is 24.6. The molecule has 0 bridgehead atoms. The van der Waals surface area contributed by atoms with Gasteiger partial charge in [0.05, 0.1) is 0 Å². The van der Waals surface area contributed by atoms with Crippen molar-refractivity contribution in [3.05, 3.63) is 23.8 Å². The van der Waals surface area contributed by atoms with Crippen molar-refractivity contribution >= 4 is 5.97 Å². The molecule has 34 heavy (non-hydrogen) atoms. The molecule has 0 aromatic heterocycles. The highest BCUT2D eigenvalue weighted by molar-refractivity contribution is 5.66. The molecule has 0 N–H and O–H groups in total. The van der Waals surface area contributed by atoms with Crippen LogP contribution in [0.3, 0.4) is 0 Å². The van der Waals surface area contributed by atoms with E-state index in [1.807, 2.05) is 0 Å². The molecule has 2 nitrogen and oxygen atoms in total. The summed E-state index contributed by atoms with van der Waals surface area (Å²) in [4.78, 5) is 11.9. The molecule has 9 atom stereocenters. The van der Waals surface area contributed by atoms with Gasteiger partial charge in [0, 0.05) is 12.3 Å². The van der Waals surface area contributed by atoms with Crippen LogP contribution in [0.2, 0.25) is 0 Å². The van der Waals surface area contributed by atoms with Gasteiger partial charge in [0.2, 0.25) is 0 Å². The first-order valence-corrected chi connectivity index (χ1v) is 14.4. The van der Waals surface area contributed by atoms with Gasteiger partial charge in [0.15, 0.2) is 0 Å². The molecule has 4 saturated carbocycles. The van der Waals surface area contributed by atoms with Gasteiger partial charge in [-0.3, -0.25) is 4.79 Å². The first-order chi connectivity index (χ1) is 15.9. The number of allylic oxidation sites excluding steroid dienone is 3. The van der Waals surface area contributed by atoms with Crippen molar-refractivity contribution < 1.29 is 9.53 Å². The smallest absolute Gasteiger partial charge is 0.302 e. The number of carbonyl (C=O) groups excluding carboxylic acids is 1. The normalized spacial score (nSPS) is 49.4. The molecule has 5 aliphatic rings. The summed E-state index contributed by atoms with van der Waals surface area (Å²) in [5, 5.41) is 0. The molecule has 0 aliphatic heterocycles. The van der Waals surface area contributed by atoms with Crippen LogP contribution in [0.1, 0.15) is 113 Å². The third-order valence-electron chi connectivity index (χ3n) is 12.9. The van der Waals surface area contributed by atoms with Crippen LogP contribution in [0.5, 0.6) is 0 Å². The average molecular weight is 467 g/mol. The zero-order valence-electron chi connectivity index (χ0n) is 23.1. The average Bonchev–Trinajstić information content (AvgIpc) is 2.75. The molecule has 5 rings (SSSR count). The van der Waals surface area contributed by atoms with Crippen LogP contribution >= 0.6 is 0 Å². The van der Waals surface area contributed by atoms with E-state index in [9.17, 15) is 4.79 Å². The second-order valence-electron chi connectivity index (χ2n) is 14.5. The van der Waals surface area contributed by atoms with Crippen molar-refractivity contribution in [1.29, 1.82) is 0 Å². The quantitative estimate of drug-likeness (QED) is 0.301.